The number of β-lactam (4-membered cyclic amide) rings is 1. The van der Waals surface area contributed by atoms with Crippen LogP contribution < -0.4 is 9.64 Å². The van der Waals surface area contributed by atoms with Crippen LogP contribution in [0.5, 0.6) is 5.75 Å². The maximum absolute atomic E-state index is 12.9. The van der Waals surface area contributed by atoms with Gasteiger partial charge in [-0.3, -0.25) is 9.69 Å². The summed E-state index contributed by atoms with van der Waals surface area (Å²) < 4.78 is 59.2. The lowest BCUT2D eigenvalue weighted by atomic mass is 10.1. The van der Waals surface area contributed by atoms with Crippen molar-refractivity contribution in [1.82, 2.24) is 0 Å². The zero-order valence-corrected chi connectivity index (χ0v) is 17.7. The quantitative estimate of drug-likeness (QED) is 0.600. The molecule has 0 N–H and O–H groups in total. The van der Waals surface area contributed by atoms with E-state index in [0.717, 1.165) is 17.4 Å². The fraction of sp³-hybridized carbons (Fsp3) is 0.316. The molecule has 2 aromatic rings. The molecule has 1 atom stereocenters. The number of anilines is 1. The normalized spacial score (nSPS) is 18.9. The highest BCUT2D eigenvalue weighted by Crippen LogP contribution is 2.46. The third-order valence-corrected chi connectivity index (χ3v) is 9.48. The zero-order chi connectivity index (χ0) is 21.4. The van der Waals surface area contributed by atoms with Crippen LogP contribution in [0.3, 0.4) is 0 Å². The summed E-state index contributed by atoms with van der Waals surface area (Å²) in [5.41, 5.74) is 0.797. The third-order valence-electron chi connectivity index (χ3n) is 4.74. The number of sulfone groups is 2. The van der Waals surface area contributed by atoms with Gasteiger partial charge in [-0.15, -0.1) is 0 Å². The Morgan fingerprint density at radius 2 is 1.48 bits per heavy atom. The van der Waals surface area contributed by atoms with Crippen molar-refractivity contribution in [3.63, 3.8) is 0 Å². The number of amides is 1. The second kappa shape index (κ2) is 7.43. The predicted molar refractivity (Wildman–Crippen MR) is 108 cm³/mol. The Labute approximate surface area is 169 Å². The first kappa shape index (κ1) is 21.3. The Bertz CT molecular complexity index is 1080. The molecular weight excluding hydrogens is 418 g/mol. The van der Waals surface area contributed by atoms with Gasteiger partial charge >= 0.3 is 0 Å². The van der Waals surface area contributed by atoms with Gasteiger partial charge in [0.05, 0.1) is 13.7 Å². The lowest BCUT2D eigenvalue weighted by Gasteiger charge is -2.53. The molecule has 0 aromatic heterocycles. The minimum atomic E-state index is -4.32. The van der Waals surface area contributed by atoms with Crippen LogP contribution in [0.15, 0.2) is 54.6 Å². The third kappa shape index (κ3) is 3.41. The maximum Gasteiger partial charge on any atom is 0.285 e. The van der Waals surface area contributed by atoms with Crippen molar-refractivity contribution in [2.45, 2.75) is 16.9 Å². The summed E-state index contributed by atoms with van der Waals surface area (Å²) in [5.74, 6) is -0.273. The molecule has 0 spiro atoms. The topological polar surface area (TPSA) is 107 Å². The molecule has 1 aliphatic heterocycles. The number of hydrogen-bond acceptors (Lipinski definition) is 7. The second-order valence-electron chi connectivity index (χ2n) is 6.72. The summed E-state index contributed by atoms with van der Waals surface area (Å²) >= 11 is 0. The standard InChI is InChI=1S/C19H21NO7S2/c1-26-16-11-9-15(10-12-16)20-18(21)17(27-13-14-7-5-4-6-8-14)19(20,28(2,22)23)29(3,24)25/h4-12,17H,13H2,1-3H3. The zero-order valence-electron chi connectivity index (χ0n) is 16.1. The number of carbonyl (C=O) groups is 1. The smallest absolute Gasteiger partial charge is 0.285 e. The second-order valence-corrected chi connectivity index (χ2v) is 11.3. The summed E-state index contributed by atoms with van der Waals surface area (Å²) in [6, 6.07) is 14.6. The highest BCUT2D eigenvalue weighted by molar-refractivity contribution is 8.10. The van der Waals surface area contributed by atoms with Gasteiger partial charge in [0.1, 0.15) is 5.75 Å². The van der Waals surface area contributed by atoms with Crippen molar-refractivity contribution in [3.05, 3.63) is 60.2 Å². The van der Waals surface area contributed by atoms with Gasteiger partial charge in [-0.05, 0) is 29.8 Å². The maximum atomic E-state index is 12.9. The average Bonchev–Trinajstić information content (AvgIpc) is 2.65. The molecule has 1 amide bonds. The molecule has 2 aromatic carbocycles. The van der Waals surface area contributed by atoms with Crippen LogP contribution in [0, 0.1) is 0 Å². The molecule has 10 heteroatoms. The van der Waals surface area contributed by atoms with Crippen LogP contribution in [0.2, 0.25) is 0 Å². The SMILES string of the molecule is COc1ccc(N2C(=O)C(OCc3ccccc3)C2(S(C)(=O)=O)S(C)(=O)=O)cc1. The lowest BCUT2D eigenvalue weighted by molar-refractivity contribution is -0.142. The number of hydrogen-bond donors (Lipinski definition) is 0. The minimum absolute atomic E-state index is 0.111. The molecule has 3 rings (SSSR count). The van der Waals surface area contributed by atoms with Gasteiger partial charge in [-0.1, -0.05) is 30.3 Å². The summed E-state index contributed by atoms with van der Waals surface area (Å²) in [5, 5.41) is 0. The van der Waals surface area contributed by atoms with Crippen molar-refractivity contribution in [2.24, 2.45) is 0 Å². The minimum Gasteiger partial charge on any atom is -0.497 e. The van der Waals surface area contributed by atoms with E-state index in [2.05, 4.69) is 0 Å². The van der Waals surface area contributed by atoms with Crippen LogP contribution >= 0.6 is 0 Å². The van der Waals surface area contributed by atoms with Crippen molar-refractivity contribution >= 4 is 31.3 Å². The van der Waals surface area contributed by atoms with E-state index >= 15 is 0 Å². The number of rotatable bonds is 7. The predicted octanol–water partition coefficient (Wildman–Crippen LogP) is 1.37. The molecule has 0 aliphatic carbocycles. The van der Waals surface area contributed by atoms with Crippen LogP contribution in [0.4, 0.5) is 5.69 Å². The summed E-state index contributed by atoms with van der Waals surface area (Å²) in [4.78, 5) is 13.7. The van der Waals surface area contributed by atoms with E-state index in [9.17, 15) is 21.6 Å². The van der Waals surface area contributed by atoms with Gasteiger partial charge < -0.3 is 9.47 Å². The molecule has 8 nitrogen and oxygen atoms in total. The number of nitrogens with zero attached hydrogens (tertiary/aromatic N) is 1. The van der Waals surface area contributed by atoms with E-state index in [0.29, 0.717) is 11.3 Å². The van der Waals surface area contributed by atoms with E-state index in [-0.39, 0.29) is 12.3 Å². The number of benzene rings is 2. The number of ether oxygens (including phenoxy) is 2. The molecular formula is C19H21NO7S2. The summed E-state index contributed by atoms with van der Waals surface area (Å²) in [6.07, 6.45) is -0.110. The number of carbonyl (C=O) groups excluding carboxylic acids is 1. The summed E-state index contributed by atoms with van der Waals surface area (Å²) in [6.45, 7) is -0.111. The van der Waals surface area contributed by atoms with Gasteiger partial charge in [0.2, 0.25) is 0 Å². The molecule has 1 fully saturated rings. The molecule has 0 radical (unpaired) electrons. The largest absolute Gasteiger partial charge is 0.497 e. The molecule has 1 aliphatic rings. The van der Waals surface area contributed by atoms with Crippen molar-refractivity contribution in [2.75, 3.05) is 24.5 Å². The van der Waals surface area contributed by atoms with Crippen LogP contribution in [0.1, 0.15) is 5.56 Å². The monoisotopic (exact) mass is 439 g/mol. The average molecular weight is 440 g/mol. The molecule has 1 saturated heterocycles. The fourth-order valence-corrected chi connectivity index (χ4v) is 7.81. The first-order valence-electron chi connectivity index (χ1n) is 8.57. The summed E-state index contributed by atoms with van der Waals surface area (Å²) in [7, 11) is -7.20. The lowest BCUT2D eigenvalue weighted by Crippen LogP contribution is -2.81. The molecule has 0 saturated carbocycles. The Morgan fingerprint density at radius 3 is 1.97 bits per heavy atom. The highest BCUT2D eigenvalue weighted by atomic mass is 32.3. The first-order chi connectivity index (χ1) is 13.5. The Hall–Kier alpha value is -2.43. The van der Waals surface area contributed by atoms with E-state index in [1.54, 1.807) is 30.3 Å². The molecule has 1 heterocycles. The van der Waals surface area contributed by atoms with Crippen LogP contribution in [-0.4, -0.2) is 52.7 Å². The van der Waals surface area contributed by atoms with Gasteiger partial charge in [-0.25, -0.2) is 16.8 Å². The van der Waals surface area contributed by atoms with Crippen molar-refractivity contribution < 1.29 is 31.1 Å². The highest BCUT2D eigenvalue weighted by Gasteiger charge is 2.74. The van der Waals surface area contributed by atoms with E-state index in [4.69, 9.17) is 9.47 Å². The van der Waals surface area contributed by atoms with Crippen LogP contribution in [0.25, 0.3) is 0 Å². The van der Waals surface area contributed by atoms with Crippen LogP contribution in [-0.2, 0) is 35.8 Å². The van der Waals surface area contributed by atoms with Gasteiger partial charge in [0, 0.05) is 18.2 Å². The molecule has 1 unspecified atom stereocenters. The van der Waals surface area contributed by atoms with Gasteiger partial charge in [0.25, 0.3) is 10.1 Å². The molecule has 29 heavy (non-hydrogen) atoms. The Kier molecular flexibility index (Phi) is 5.46. The Morgan fingerprint density at radius 1 is 0.931 bits per heavy atom. The molecule has 156 valence electrons. The number of methoxy groups -OCH3 is 1. The van der Waals surface area contributed by atoms with Crippen molar-refractivity contribution in [1.29, 1.82) is 0 Å². The van der Waals surface area contributed by atoms with Crippen molar-refractivity contribution in [3.8, 4) is 5.75 Å². The fourth-order valence-electron chi connectivity index (χ4n) is 3.44. The van der Waals surface area contributed by atoms with E-state index in [1.807, 2.05) is 0 Å². The van der Waals surface area contributed by atoms with Gasteiger partial charge in [-0.2, -0.15) is 0 Å². The Balaban J connectivity index is 2.08. The molecule has 0 bridgehead atoms. The van der Waals surface area contributed by atoms with E-state index in [1.165, 1.54) is 31.4 Å². The van der Waals surface area contributed by atoms with E-state index < -0.39 is 35.9 Å². The van der Waals surface area contributed by atoms with Gasteiger partial charge in [0.15, 0.2) is 25.8 Å². The first-order valence-corrected chi connectivity index (χ1v) is 12.3.